The lowest BCUT2D eigenvalue weighted by Crippen LogP contribution is -2.44. The number of nitrogens with two attached hydrogens (primary N) is 1. The molecule has 0 aliphatic carbocycles. The summed E-state index contributed by atoms with van der Waals surface area (Å²) < 4.78 is 22.5. The first-order chi connectivity index (χ1) is 14.3. The fourth-order valence-corrected chi connectivity index (χ4v) is 4.11. The number of hydrogen-bond acceptors (Lipinski definition) is 5. The number of amides is 2. The van der Waals surface area contributed by atoms with Crippen molar-refractivity contribution in [1.29, 1.82) is 0 Å². The lowest BCUT2D eigenvalue weighted by atomic mass is 9.97. The van der Waals surface area contributed by atoms with Gasteiger partial charge in [-0.2, -0.15) is 0 Å². The van der Waals surface area contributed by atoms with E-state index in [-0.39, 0.29) is 22.6 Å². The molecule has 1 aromatic carbocycles. The average Bonchev–Trinajstić information content (AvgIpc) is 2.72. The number of carbonyl (C=O) groups is 2. The third-order valence-corrected chi connectivity index (χ3v) is 6.26. The van der Waals surface area contributed by atoms with Crippen LogP contribution in [0.2, 0.25) is 0 Å². The number of likely N-dealkylation sites (tertiary alicyclic amines) is 1. The zero-order valence-electron chi connectivity index (χ0n) is 17.7. The molecular formula is C21H34N4O4S. The molecule has 168 valence electrons. The van der Waals surface area contributed by atoms with Gasteiger partial charge in [-0.15, -0.1) is 0 Å². The fraction of sp³-hybridized carbons (Fsp3) is 0.619. The lowest BCUT2D eigenvalue weighted by Gasteiger charge is -2.31. The number of nitrogens with zero attached hydrogens (tertiary/aromatic N) is 1. The van der Waals surface area contributed by atoms with E-state index in [2.05, 4.69) is 22.5 Å². The van der Waals surface area contributed by atoms with Crippen LogP contribution in [0.5, 0.6) is 0 Å². The molecule has 1 saturated heterocycles. The summed E-state index contributed by atoms with van der Waals surface area (Å²) >= 11 is 0. The largest absolute Gasteiger partial charge is 0.356 e. The van der Waals surface area contributed by atoms with E-state index in [9.17, 15) is 18.0 Å². The van der Waals surface area contributed by atoms with Gasteiger partial charge in [0.05, 0.1) is 10.8 Å². The van der Waals surface area contributed by atoms with Gasteiger partial charge in [0.15, 0.2) is 0 Å². The van der Waals surface area contributed by atoms with Crippen LogP contribution in [0.4, 0.5) is 5.69 Å². The van der Waals surface area contributed by atoms with Gasteiger partial charge in [-0.3, -0.25) is 9.59 Å². The van der Waals surface area contributed by atoms with E-state index in [0.717, 1.165) is 38.8 Å². The van der Waals surface area contributed by atoms with Crippen molar-refractivity contribution in [3.8, 4) is 0 Å². The van der Waals surface area contributed by atoms with Crippen molar-refractivity contribution in [3.63, 3.8) is 0 Å². The van der Waals surface area contributed by atoms with Gasteiger partial charge in [0.1, 0.15) is 0 Å². The molecule has 2 rings (SSSR count). The number of benzene rings is 1. The molecule has 0 saturated carbocycles. The van der Waals surface area contributed by atoms with Gasteiger partial charge >= 0.3 is 0 Å². The number of primary sulfonamides is 1. The van der Waals surface area contributed by atoms with Gasteiger partial charge in [0, 0.05) is 31.7 Å². The van der Waals surface area contributed by atoms with Crippen molar-refractivity contribution in [2.45, 2.75) is 56.8 Å². The minimum Gasteiger partial charge on any atom is -0.356 e. The summed E-state index contributed by atoms with van der Waals surface area (Å²) in [6.45, 7) is 5.05. The minimum absolute atomic E-state index is 0.00324. The van der Waals surface area contributed by atoms with Crippen LogP contribution in [0, 0.1) is 5.92 Å². The Morgan fingerprint density at radius 3 is 2.57 bits per heavy atom. The maximum atomic E-state index is 12.4. The first-order valence-electron chi connectivity index (χ1n) is 10.7. The topological polar surface area (TPSA) is 122 Å². The number of nitrogens with one attached hydrogen (secondary N) is 2. The van der Waals surface area contributed by atoms with Crippen molar-refractivity contribution < 1.29 is 18.0 Å². The minimum atomic E-state index is -3.75. The highest BCUT2D eigenvalue weighted by atomic mass is 32.2. The van der Waals surface area contributed by atoms with Crippen LogP contribution in [0.15, 0.2) is 29.2 Å². The molecule has 1 aromatic rings. The van der Waals surface area contributed by atoms with E-state index < -0.39 is 10.0 Å². The van der Waals surface area contributed by atoms with Crippen molar-refractivity contribution in [2.24, 2.45) is 11.1 Å². The van der Waals surface area contributed by atoms with E-state index in [4.69, 9.17) is 5.14 Å². The number of sulfonamides is 1. The van der Waals surface area contributed by atoms with Gasteiger partial charge in [0.25, 0.3) is 0 Å². The Kier molecular flexibility index (Phi) is 9.74. The molecule has 2 amide bonds. The maximum absolute atomic E-state index is 12.4. The van der Waals surface area contributed by atoms with Crippen LogP contribution in [-0.2, 0) is 19.6 Å². The number of anilines is 1. The molecule has 30 heavy (non-hydrogen) atoms. The molecular weight excluding hydrogens is 404 g/mol. The summed E-state index contributed by atoms with van der Waals surface area (Å²) in [5.74, 6) is -0.0461. The van der Waals surface area contributed by atoms with Crippen LogP contribution in [0.1, 0.15) is 51.9 Å². The van der Waals surface area contributed by atoms with Crippen molar-refractivity contribution in [2.75, 3.05) is 31.5 Å². The van der Waals surface area contributed by atoms with Gasteiger partial charge in [-0.1, -0.05) is 26.2 Å². The molecule has 0 radical (unpaired) electrons. The Labute approximate surface area is 179 Å². The average molecular weight is 439 g/mol. The Morgan fingerprint density at radius 2 is 1.90 bits per heavy atom. The second kappa shape index (κ2) is 12.0. The molecule has 1 fully saturated rings. The van der Waals surface area contributed by atoms with Crippen molar-refractivity contribution in [1.82, 2.24) is 10.2 Å². The molecule has 0 aromatic heterocycles. The van der Waals surface area contributed by atoms with Crippen LogP contribution >= 0.6 is 0 Å². The molecule has 1 atom stereocenters. The quantitative estimate of drug-likeness (QED) is 0.457. The highest BCUT2D eigenvalue weighted by Gasteiger charge is 2.25. The van der Waals surface area contributed by atoms with Gasteiger partial charge in [0.2, 0.25) is 21.8 Å². The summed E-state index contributed by atoms with van der Waals surface area (Å²) in [7, 11) is -3.75. The van der Waals surface area contributed by atoms with Crippen LogP contribution in [0.3, 0.4) is 0 Å². The van der Waals surface area contributed by atoms with E-state index in [1.54, 1.807) is 0 Å². The summed E-state index contributed by atoms with van der Waals surface area (Å²) in [5, 5.41) is 10.9. The first-order valence-corrected chi connectivity index (χ1v) is 12.3. The van der Waals surface area contributed by atoms with Gasteiger partial charge < -0.3 is 15.5 Å². The van der Waals surface area contributed by atoms with Crippen molar-refractivity contribution in [3.05, 3.63) is 24.3 Å². The lowest BCUT2D eigenvalue weighted by molar-refractivity contribution is -0.126. The first kappa shape index (κ1) is 24.3. The van der Waals surface area contributed by atoms with E-state index in [1.165, 1.54) is 37.1 Å². The normalized spacial score (nSPS) is 17.5. The van der Waals surface area contributed by atoms with E-state index >= 15 is 0 Å². The van der Waals surface area contributed by atoms with E-state index in [0.29, 0.717) is 25.2 Å². The summed E-state index contributed by atoms with van der Waals surface area (Å²) in [6.07, 6.45) is 6.69. The fourth-order valence-electron chi connectivity index (χ4n) is 3.59. The predicted octanol–water partition coefficient (Wildman–Crippen LogP) is 2.07. The number of carbonyl (C=O) groups excluding carboxylic acids is 2. The Hall–Kier alpha value is -1.97. The van der Waals surface area contributed by atoms with Gasteiger partial charge in [-0.05, 0) is 50.1 Å². The highest BCUT2D eigenvalue weighted by molar-refractivity contribution is 7.89. The Morgan fingerprint density at radius 1 is 1.17 bits per heavy atom. The SMILES string of the molecule is CCCCCCNC(=O)C1CCCN(CCC(=O)Nc2ccc(S(N)(=O)=O)cc2)C1. The van der Waals surface area contributed by atoms with Gasteiger partial charge in [-0.25, -0.2) is 13.6 Å². The predicted molar refractivity (Wildman–Crippen MR) is 117 cm³/mol. The molecule has 4 N–H and O–H groups in total. The third kappa shape index (κ3) is 8.41. The number of rotatable bonds is 11. The second-order valence-corrected chi connectivity index (χ2v) is 9.42. The molecule has 1 aliphatic heterocycles. The van der Waals surface area contributed by atoms with Crippen LogP contribution in [-0.4, -0.2) is 51.3 Å². The molecule has 0 spiro atoms. The molecule has 1 unspecified atom stereocenters. The number of hydrogen-bond donors (Lipinski definition) is 3. The summed E-state index contributed by atoms with van der Waals surface area (Å²) in [4.78, 5) is 26.8. The molecule has 1 heterocycles. The Balaban J connectivity index is 1.72. The van der Waals surface area contributed by atoms with Crippen molar-refractivity contribution >= 4 is 27.5 Å². The summed E-state index contributed by atoms with van der Waals surface area (Å²) in [6, 6.07) is 5.75. The highest BCUT2D eigenvalue weighted by Crippen LogP contribution is 2.17. The number of unbranched alkanes of at least 4 members (excludes halogenated alkanes) is 3. The molecule has 1 aliphatic rings. The standard InChI is InChI=1S/C21H34N4O4S/c1-2-3-4-5-13-23-21(27)17-7-6-14-25(16-17)15-12-20(26)24-18-8-10-19(11-9-18)30(22,28)29/h8-11,17H,2-7,12-16H2,1H3,(H,23,27)(H,24,26)(H2,22,28,29). The van der Waals surface area contributed by atoms with Crippen LogP contribution in [0.25, 0.3) is 0 Å². The molecule has 8 nitrogen and oxygen atoms in total. The third-order valence-electron chi connectivity index (χ3n) is 5.33. The summed E-state index contributed by atoms with van der Waals surface area (Å²) in [5.41, 5.74) is 0.520. The smallest absolute Gasteiger partial charge is 0.238 e. The zero-order valence-corrected chi connectivity index (χ0v) is 18.5. The zero-order chi connectivity index (χ0) is 22.0. The second-order valence-electron chi connectivity index (χ2n) is 7.86. The molecule has 9 heteroatoms. The Bertz CT molecular complexity index is 796. The van der Waals surface area contributed by atoms with Crippen LogP contribution < -0.4 is 15.8 Å². The monoisotopic (exact) mass is 438 g/mol. The van der Waals surface area contributed by atoms with E-state index in [1.807, 2.05) is 0 Å². The maximum Gasteiger partial charge on any atom is 0.238 e. The molecule has 0 bridgehead atoms. The number of piperidine rings is 1.